The molecule has 0 aliphatic heterocycles. The number of ketones is 1. The van der Waals surface area contributed by atoms with Crippen LogP contribution >= 0.6 is 0 Å². The van der Waals surface area contributed by atoms with Crippen LogP contribution < -0.4 is 9.64 Å². The molecule has 2 rings (SSSR count). The minimum absolute atomic E-state index is 0.0463. The molecule has 7 nitrogen and oxygen atoms in total. The molecule has 0 bridgehead atoms. The highest BCUT2D eigenvalue weighted by atomic mass is 16.6. The van der Waals surface area contributed by atoms with Crippen LogP contribution in [0.5, 0.6) is 5.75 Å². The van der Waals surface area contributed by atoms with Crippen molar-refractivity contribution in [3.8, 4) is 5.75 Å². The third-order valence-electron chi connectivity index (χ3n) is 3.68. The van der Waals surface area contributed by atoms with Crippen LogP contribution in [0.3, 0.4) is 0 Å². The molecule has 2 aromatic rings. The molecule has 0 N–H and O–H groups in total. The molecule has 0 aliphatic rings. The molecule has 0 saturated carbocycles. The van der Waals surface area contributed by atoms with Crippen molar-refractivity contribution in [2.24, 2.45) is 0 Å². The first-order chi connectivity index (χ1) is 11.8. The Morgan fingerprint density at radius 3 is 2.36 bits per heavy atom. The Morgan fingerprint density at radius 2 is 1.80 bits per heavy atom. The molecule has 0 aliphatic carbocycles. The largest absolute Gasteiger partial charge is 0.481 e. The van der Waals surface area contributed by atoms with Gasteiger partial charge in [-0.3, -0.25) is 19.7 Å². The summed E-state index contributed by atoms with van der Waals surface area (Å²) in [4.78, 5) is 35.4. The topological polar surface area (TPSA) is 89.8 Å². The Morgan fingerprint density at radius 1 is 1.16 bits per heavy atom. The second-order valence-corrected chi connectivity index (χ2v) is 5.51. The van der Waals surface area contributed by atoms with Gasteiger partial charge in [0.25, 0.3) is 11.6 Å². The molecule has 25 heavy (non-hydrogen) atoms. The molecule has 0 spiro atoms. The Kier molecular flexibility index (Phi) is 5.49. The number of ether oxygens (including phenoxy) is 1. The first-order valence-corrected chi connectivity index (χ1v) is 7.59. The highest BCUT2D eigenvalue weighted by Gasteiger charge is 2.21. The molecular weight excluding hydrogens is 324 g/mol. The number of rotatable bonds is 6. The van der Waals surface area contributed by atoms with E-state index >= 15 is 0 Å². The van der Waals surface area contributed by atoms with Crippen molar-refractivity contribution in [3.63, 3.8) is 0 Å². The average Bonchev–Trinajstić information content (AvgIpc) is 2.60. The number of nitro benzene ring substituents is 1. The summed E-state index contributed by atoms with van der Waals surface area (Å²) in [6.45, 7) is 3.06. The summed E-state index contributed by atoms with van der Waals surface area (Å²) >= 11 is 0. The average molecular weight is 342 g/mol. The van der Waals surface area contributed by atoms with Crippen LogP contribution in [0.15, 0.2) is 48.5 Å². The van der Waals surface area contributed by atoms with E-state index in [0.717, 1.165) is 0 Å². The Hall–Kier alpha value is -3.22. The molecular formula is C18H18N2O5. The lowest BCUT2D eigenvalue weighted by Gasteiger charge is -2.22. The normalized spacial score (nSPS) is 11.5. The third kappa shape index (κ3) is 4.41. The van der Waals surface area contributed by atoms with Crippen LogP contribution in [-0.2, 0) is 4.79 Å². The number of benzene rings is 2. The van der Waals surface area contributed by atoms with E-state index in [9.17, 15) is 19.7 Å². The van der Waals surface area contributed by atoms with Gasteiger partial charge in [-0.1, -0.05) is 12.1 Å². The zero-order valence-electron chi connectivity index (χ0n) is 14.1. The van der Waals surface area contributed by atoms with Crippen LogP contribution in [0.25, 0.3) is 0 Å². The molecule has 2 aromatic carbocycles. The quantitative estimate of drug-likeness (QED) is 0.457. The second kappa shape index (κ2) is 7.57. The Balaban J connectivity index is 2.09. The van der Waals surface area contributed by atoms with Crippen molar-refractivity contribution in [1.82, 2.24) is 0 Å². The van der Waals surface area contributed by atoms with Gasteiger partial charge in [-0.15, -0.1) is 0 Å². The van der Waals surface area contributed by atoms with Crippen molar-refractivity contribution in [2.75, 3.05) is 11.9 Å². The van der Waals surface area contributed by atoms with E-state index in [0.29, 0.717) is 17.0 Å². The number of carbonyl (C=O) groups is 2. The maximum atomic E-state index is 12.5. The number of nitro groups is 1. The Bertz CT molecular complexity index is 801. The number of nitrogens with zero attached hydrogens (tertiary/aromatic N) is 2. The number of likely N-dealkylation sites (N-methyl/N-ethyl adjacent to an activating group) is 1. The van der Waals surface area contributed by atoms with E-state index in [1.165, 1.54) is 36.1 Å². The van der Waals surface area contributed by atoms with Crippen molar-refractivity contribution >= 4 is 23.1 Å². The van der Waals surface area contributed by atoms with Crippen LogP contribution in [-0.4, -0.2) is 29.8 Å². The second-order valence-electron chi connectivity index (χ2n) is 5.51. The predicted molar refractivity (Wildman–Crippen MR) is 93.0 cm³/mol. The van der Waals surface area contributed by atoms with Gasteiger partial charge in [0, 0.05) is 30.4 Å². The number of amides is 1. The standard InChI is InChI=1S/C18H18N2O5/c1-12(21)14-5-4-6-17(11-14)25-13(2)18(22)19(3)15-7-9-16(10-8-15)20(23)24/h4-11,13H,1-3H3/t13-/m1/s1. The summed E-state index contributed by atoms with van der Waals surface area (Å²) in [6.07, 6.45) is -0.789. The zero-order valence-corrected chi connectivity index (χ0v) is 14.1. The van der Waals surface area contributed by atoms with Gasteiger partial charge in [0.1, 0.15) is 5.75 Å². The zero-order chi connectivity index (χ0) is 18.6. The molecule has 0 saturated heterocycles. The SMILES string of the molecule is CC(=O)c1cccc(O[C@H](C)C(=O)N(C)c2ccc([N+](=O)[O-])cc2)c1. The van der Waals surface area contributed by atoms with Crippen LogP contribution in [0.1, 0.15) is 24.2 Å². The van der Waals surface area contributed by atoms with Gasteiger partial charge in [-0.25, -0.2) is 0 Å². The van der Waals surface area contributed by atoms with E-state index in [-0.39, 0.29) is 17.4 Å². The fraction of sp³-hybridized carbons (Fsp3) is 0.222. The van der Waals surface area contributed by atoms with Gasteiger partial charge < -0.3 is 9.64 Å². The molecule has 0 aromatic heterocycles. The molecule has 1 amide bonds. The smallest absolute Gasteiger partial charge is 0.269 e. The monoisotopic (exact) mass is 342 g/mol. The highest BCUT2D eigenvalue weighted by molar-refractivity contribution is 5.96. The molecule has 7 heteroatoms. The summed E-state index contributed by atoms with van der Waals surface area (Å²) in [7, 11) is 1.56. The minimum atomic E-state index is -0.789. The molecule has 0 fully saturated rings. The first-order valence-electron chi connectivity index (χ1n) is 7.59. The summed E-state index contributed by atoms with van der Waals surface area (Å²) < 4.78 is 5.62. The predicted octanol–water partition coefficient (Wildman–Crippen LogP) is 3.23. The highest BCUT2D eigenvalue weighted by Crippen LogP contribution is 2.20. The van der Waals surface area contributed by atoms with Crippen molar-refractivity contribution < 1.29 is 19.2 Å². The summed E-state index contributed by atoms with van der Waals surface area (Å²) in [5, 5.41) is 10.7. The van der Waals surface area contributed by atoms with Gasteiger partial charge in [0.15, 0.2) is 11.9 Å². The number of hydrogen-bond acceptors (Lipinski definition) is 5. The van der Waals surface area contributed by atoms with E-state index in [4.69, 9.17) is 4.74 Å². The van der Waals surface area contributed by atoms with E-state index < -0.39 is 11.0 Å². The van der Waals surface area contributed by atoms with Gasteiger partial charge in [0.05, 0.1) is 4.92 Å². The van der Waals surface area contributed by atoms with Gasteiger partial charge in [-0.2, -0.15) is 0 Å². The molecule has 0 unspecified atom stereocenters. The number of Topliss-reactive ketones (excluding diaryl/α,β-unsaturated/α-hetero) is 1. The van der Waals surface area contributed by atoms with E-state index in [2.05, 4.69) is 0 Å². The summed E-state index contributed by atoms with van der Waals surface area (Å²) in [5.41, 5.74) is 0.972. The lowest BCUT2D eigenvalue weighted by molar-refractivity contribution is -0.384. The molecule has 130 valence electrons. The van der Waals surface area contributed by atoms with Gasteiger partial charge in [-0.05, 0) is 38.1 Å². The lowest BCUT2D eigenvalue weighted by Crippen LogP contribution is -2.38. The molecule has 1 atom stereocenters. The summed E-state index contributed by atoms with van der Waals surface area (Å²) in [5.74, 6) is 0.0140. The molecule has 0 radical (unpaired) electrons. The van der Waals surface area contributed by atoms with Crippen molar-refractivity contribution in [3.05, 3.63) is 64.2 Å². The number of hydrogen-bond donors (Lipinski definition) is 0. The lowest BCUT2D eigenvalue weighted by atomic mass is 10.1. The van der Waals surface area contributed by atoms with Crippen LogP contribution in [0.4, 0.5) is 11.4 Å². The van der Waals surface area contributed by atoms with E-state index in [1.807, 2.05) is 0 Å². The van der Waals surface area contributed by atoms with E-state index in [1.54, 1.807) is 38.2 Å². The fourth-order valence-electron chi connectivity index (χ4n) is 2.24. The molecule has 0 heterocycles. The third-order valence-corrected chi connectivity index (χ3v) is 3.68. The van der Waals surface area contributed by atoms with Gasteiger partial charge in [0.2, 0.25) is 0 Å². The maximum absolute atomic E-state index is 12.5. The van der Waals surface area contributed by atoms with Crippen LogP contribution in [0.2, 0.25) is 0 Å². The maximum Gasteiger partial charge on any atom is 0.269 e. The number of carbonyl (C=O) groups excluding carboxylic acids is 2. The fourth-order valence-corrected chi connectivity index (χ4v) is 2.24. The number of anilines is 1. The van der Waals surface area contributed by atoms with Crippen molar-refractivity contribution in [1.29, 1.82) is 0 Å². The first kappa shape index (κ1) is 18.1. The van der Waals surface area contributed by atoms with Crippen molar-refractivity contribution in [2.45, 2.75) is 20.0 Å². The number of non-ortho nitro benzene ring substituents is 1. The summed E-state index contributed by atoms with van der Waals surface area (Å²) in [6, 6.07) is 12.3. The minimum Gasteiger partial charge on any atom is -0.481 e. The van der Waals surface area contributed by atoms with Crippen LogP contribution in [0, 0.1) is 10.1 Å². The van der Waals surface area contributed by atoms with Gasteiger partial charge >= 0.3 is 0 Å². The Labute approximate surface area is 145 Å².